The maximum absolute atomic E-state index is 12.6. The number of hydrogen-bond acceptors (Lipinski definition) is 5. The minimum atomic E-state index is -0.202. The molecule has 0 radical (unpaired) electrons. The van der Waals surface area contributed by atoms with E-state index >= 15 is 0 Å². The van der Waals surface area contributed by atoms with Crippen LogP contribution >= 0.6 is 0 Å². The maximum Gasteiger partial charge on any atom is 0.251 e. The van der Waals surface area contributed by atoms with Crippen molar-refractivity contribution in [1.29, 1.82) is 0 Å². The van der Waals surface area contributed by atoms with Gasteiger partial charge in [0.25, 0.3) is 5.91 Å². The van der Waals surface area contributed by atoms with E-state index in [1.807, 2.05) is 54.0 Å². The number of benzene rings is 1. The van der Waals surface area contributed by atoms with E-state index in [0.29, 0.717) is 36.8 Å². The molecule has 7 nitrogen and oxygen atoms in total. The number of fused-ring (bicyclic) bond motifs is 1. The van der Waals surface area contributed by atoms with Crippen LogP contribution in [0.1, 0.15) is 28.5 Å². The van der Waals surface area contributed by atoms with Crippen molar-refractivity contribution in [2.24, 2.45) is 0 Å². The Hall–Kier alpha value is -3.87. The second-order valence-corrected chi connectivity index (χ2v) is 6.63. The molecule has 0 unspecified atom stereocenters. The second-order valence-electron chi connectivity index (χ2n) is 6.63. The van der Waals surface area contributed by atoms with Crippen molar-refractivity contribution in [2.45, 2.75) is 20.1 Å². The average Bonchev–Trinajstić information content (AvgIpc) is 3.20. The summed E-state index contributed by atoms with van der Waals surface area (Å²) in [5.74, 6) is 0.909. The molecule has 1 N–H and O–H groups in total. The fourth-order valence-electron chi connectivity index (χ4n) is 3.03. The van der Waals surface area contributed by atoms with E-state index in [-0.39, 0.29) is 5.91 Å². The van der Waals surface area contributed by atoms with Gasteiger partial charge in [0.05, 0.1) is 18.8 Å². The van der Waals surface area contributed by atoms with E-state index in [1.165, 1.54) is 0 Å². The molecular formula is C23H22N4O3. The first kappa shape index (κ1) is 19.4. The first-order chi connectivity index (χ1) is 14.7. The Bertz CT molecular complexity index is 1110. The van der Waals surface area contributed by atoms with Gasteiger partial charge in [0.2, 0.25) is 0 Å². The van der Waals surface area contributed by atoms with E-state index in [0.717, 1.165) is 16.9 Å². The van der Waals surface area contributed by atoms with Crippen molar-refractivity contribution in [3.63, 3.8) is 0 Å². The van der Waals surface area contributed by atoms with Crippen LogP contribution < -0.4 is 14.8 Å². The van der Waals surface area contributed by atoms with Gasteiger partial charge in [0.15, 0.2) is 11.5 Å². The summed E-state index contributed by atoms with van der Waals surface area (Å²) in [5, 5.41) is 2.90. The predicted octanol–water partition coefficient (Wildman–Crippen LogP) is 3.64. The number of nitrogens with zero attached hydrogens (tertiary/aromatic N) is 3. The number of aromatic nitrogens is 3. The van der Waals surface area contributed by atoms with Crippen molar-refractivity contribution in [3.8, 4) is 11.5 Å². The van der Waals surface area contributed by atoms with E-state index in [9.17, 15) is 4.79 Å². The van der Waals surface area contributed by atoms with Crippen LogP contribution in [-0.2, 0) is 13.2 Å². The molecule has 0 aliphatic rings. The molecule has 0 aliphatic heterocycles. The van der Waals surface area contributed by atoms with Crippen LogP contribution in [0, 0.1) is 0 Å². The number of pyridine rings is 2. The highest BCUT2D eigenvalue weighted by Gasteiger charge is 2.13. The Morgan fingerprint density at radius 2 is 2.03 bits per heavy atom. The molecule has 1 aromatic carbocycles. The van der Waals surface area contributed by atoms with E-state index in [4.69, 9.17) is 9.47 Å². The number of carbonyl (C=O) groups is 1. The zero-order chi connectivity index (χ0) is 20.8. The lowest BCUT2D eigenvalue weighted by Gasteiger charge is -2.13. The molecule has 0 spiro atoms. The molecule has 4 aromatic rings. The lowest BCUT2D eigenvalue weighted by atomic mass is 10.2. The van der Waals surface area contributed by atoms with Gasteiger partial charge in [-0.3, -0.25) is 9.78 Å². The van der Waals surface area contributed by atoms with Crippen LogP contribution in [-0.4, -0.2) is 26.9 Å². The molecule has 1 amide bonds. The predicted molar refractivity (Wildman–Crippen MR) is 113 cm³/mol. The molecule has 0 fully saturated rings. The van der Waals surface area contributed by atoms with Crippen LogP contribution in [0.15, 0.2) is 73.3 Å². The molecule has 4 rings (SSSR count). The Morgan fingerprint density at radius 1 is 1.10 bits per heavy atom. The number of ether oxygens (including phenoxy) is 2. The van der Waals surface area contributed by atoms with Gasteiger partial charge < -0.3 is 19.2 Å². The number of imidazole rings is 1. The van der Waals surface area contributed by atoms with Gasteiger partial charge in [0, 0.05) is 35.9 Å². The molecule has 30 heavy (non-hydrogen) atoms. The summed E-state index contributed by atoms with van der Waals surface area (Å²) in [5.41, 5.74) is 3.08. The van der Waals surface area contributed by atoms with Crippen LogP contribution in [0.3, 0.4) is 0 Å². The number of hydrogen-bond donors (Lipinski definition) is 1. The zero-order valence-corrected chi connectivity index (χ0v) is 16.6. The molecule has 0 saturated carbocycles. The van der Waals surface area contributed by atoms with Gasteiger partial charge in [-0.15, -0.1) is 0 Å². The van der Waals surface area contributed by atoms with Gasteiger partial charge in [-0.05, 0) is 43.3 Å². The fraction of sp³-hybridized carbons (Fsp3) is 0.174. The van der Waals surface area contributed by atoms with E-state index in [2.05, 4.69) is 15.3 Å². The largest absolute Gasteiger partial charge is 0.490 e. The summed E-state index contributed by atoms with van der Waals surface area (Å²) in [6.45, 7) is 3.06. The molecule has 3 heterocycles. The molecule has 152 valence electrons. The van der Waals surface area contributed by atoms with E-state index in [1.54, 1.807) is 30.6 Å². The summed E-state index contributed by atoms with van der Waals surface area (Å²) >= 11 is 0. The molecular weight excluding hydrogens is 380 g/mol. The third-order valence-electron chi connectivity index (χ3n) is 4.47. The highest BCUT2D eigenvalue weighted by molar-refractivity contribution is 5.94. The number of carbonyl (C=O) groups excluding carboxylic acids is 1. The Morgan fingerprint density at radius 3 is 2.83 bits per heavy atom. The Kier molecular flexibility index (Phi) is 5.89. The highest BCUT2D eigenvalue weighted by Crippen LogP contribution is 2.29. The molecule has 0 aliphatic carbocycles. The standard InChI is InChI=1S/C23H22N4O3/c1-2-29-21-12-18(8-9-20(21)30-16-17-6-5-10-24-13-17)23(28)25-14-19-15-27-11-4-3-7-22(27)26-19/h3-13,15H,2,14,16H2,1H3,(H,25,28). The topological polar surface area (TPSA) is 77.8 Å². The average molecular weight is 402 g/mol. The summed E-state index contributed by atoms with van der Waals surface area (Å²) in [4.78, 5) is 21.2. The highest BCUT2D eigenvalue weighted by atomic mass is 16.5. The number of rotatable bonds is 8. The van der Waals surface area contributed by atoms with Gasteiger partial charge >= 0.3 is 0 Å². The normalized spacial score (nSPS) is 10.7. The van der Waals surface area contributed by atoms with Crippen molar-refractivity contribution in [3.05, 3.63) is 90.1 Å². The van der Waals surface area contributed by atoms with Crippen molar-refractivity contribution in [2.75, 3.05) is 6.61 Å². The monoisotopic (exact) mass is 402 g/mol. The van der Waals surface area contributed by atoms with Crippen molar-refractivity contribution >= 4 is 11.6 Å². The van der Waals surface area contributed by atoms with Crippen molar-refractivity contribution in [1.82, 2.24) is 19.7 Å². The van der Waals surface area contributed by atoms with Gasteiger partial charge in [-0.2, -0.15) is 0 Å². The van der Waals surface area contributed by atoms with Crippen LogP contribution in [0.2, 0.25) is 0 Å². The smallest absolute Gasteiger partial charge is 0.251 e. The lowest BCUT2D eigenvalue weighted by molar-refractivity contribution is 0.0950. The molecule has 0 bridgehead atoms. The molecule has 7 heteroatoms. The molecule has 0 atom stereocenters. The van der Waals surface area contributed by atoms with Crippen LogP contribution in [0.4, 0.5) is 0 Å². The minimum absolute atomic E-state index is 0.202. The molecule has 3 aromatic heterocycles. The Labute approximate surface area is 174 Å². The zero-order valence-electron chi connectivity index (χ0n) is 16.6. The molecule has 0 saturated heterocycles. The minimum Gasteiger partial charge on any atom is -0.490 e. The number of amides is 1. The summed E-state index contributed by atoms with van der Waals surface area (Å²) < 4.78 is 13.5. The van der Waals surface area contributed by atoms with E-state index < -0.39 is 0 Å². The third-order valence-corrected chi connectivity index (χ3v) is 4.47. The second kappa shape index (κ2) is 9.09. The maximum atomic E-state index is 12.6. The van der Waals surface area contributed by atoms with Gasteiger partial charge in [-0.25, -0.2) is 4.98 Å². The Balaban J connectivity index is 1.43. The summed E-state index contributed by atoms with van der Waals surface area (Å²) in [6.07, 6.45) is 7.29. The summed E-state index contributed by atoms with van der Waals surface area (Å²) in [6, 6.07) is 14.8. The van der Waals surface area contributed by atoms with Crippen LogP contribution in [0.25, 0.3) is 5.65 Å². The first-order valence-corrected chi connectivity index (χ1v) is 9.72. The lowest BCUT2D eigenvalue weighted by Crippen LogP contribution is -2.23. The van der Waals surface area contributed by atoms with Gasteiger partial charge in [-0.1, -0.05) is 12.1 Å². The number of nitrogens with one attached hydrogen (secondary N) is 1. The van der Waals surface area contributed by atoms with Gasteiger partial charge in [0.1, 0.15) is 12.3 Å². The summed E-state index contributed by atoms with van der Waals surface area (Å²) in [7, 11) is 0. The third kappa shape index (κ3) is 4.57. The SMILES string of the molecule is CCOc1cc(C(=O)NCc2cn3ccccc3n2)ccc1OCc1cccnc1. The van der Waals surface area contributed by atoms with Crippen molar-refractivity contribution < 1.29 is 14.3 Å². The first-order valence-electron chi connectivity index (χ1n) is 9.72. The van der Waals surface area contributed by atoms with Crippen LogP contribution in [0.5, 0.6) is 11.5 Å². The quantitative estimate of drug-likeness (QED) is 0.487. The fourth-order valence-corrected chi connectivity index (χ4v) is 3.03.